The van der Waals surface area contributed by atoms with Crippen molar-refractivity contribution >= 4 is 39.0 Å². The number of thiophene rings is 1. The van der Waals surface area contributed by atoms with Crippen LogP contribution in [0.25, 0.3) is 21.3 Å². The van der Waals surface area contributed by atoms with Crippen LogP contribution in [-0.4, -0.2) is 22.4 Å². The number of rotatable bonds is 7. The van der Waals surface area contributed by atoms with Crippen molar-refractivity contribution in [1.29, 1.82) is 0 Å². The van der Waals surface area contributed by atoms with Crippen molar-refractivity contribution in [1.82, 2.24) is 9.97 Å². The van der Waals surface area contributed by atoms with Crippen molar-refractivity contribution in [2.45, 2.75) is 26.7 Å². The van der Waals surface area contributed by atoms with Gasteiger partial charge in [-0.2, -0.15) is 0 Å². The van der Waals surface area contributed by atoms with Crippen molar-refractivity contribution in [2.24, 2.45) is 0 Å². The Morgan fingerprint density at radius 1 is 1.03 bits per heavy atom. The Hall–Kier alpha value is -3.25. The third-order valence-corrected chi connectivity index (χ3v) is 6.03. The molecule has 2 heterocycles. The van der Waals surface area contributed by atoms with Gasteiger partial charge in [0, 0.05) is 29.1 Å². The lowest BCUT2D eigenvalue weighted by molar-refractivity contribution is -0.115. The molecule has 4 aromatic rings. The van der Waals surface area contributed by atoms with Gasteiger partial charge in [0.1, 0.15) is 17.0 Å². The monoisotopic (exact) mass is 416 g/mol. The van der Waals surface area contributed by atoms with E-state index in [1.807, 2.05) is 42.5 Å². The highest BCUT2D eigenvalue weighted by Gasteiger charge is 2.16. The van der Waals surface area contributed by atoms with Crippen LogP contribution in [0.1, 0.15) is 23.8 Å². The van der Waals surface area contributed by atoms with E-state index in [2.05, 4.69) is 46.6 Å². The van der Waals surface area contributed by atoms with Gasteiger partial charge in [-0.25, -0.2) is 9.97 Å². The third kappa shape index (κ3) is 4.33. The molecule has 0 unspecified atom stereocenters. The molecular weight excluding hydrogens is 392 g/mol. The van der Waals surface area contributed by atoms with Gasteiger partial charge in [-0.3, -0.25) is 4.79 Å². The van der Waals surface area contributed by atoms with Crippen molar-refractivity contribution in [3.8, 4) is 11.1 Å². The number of anilines is 2. The van der Waals surface area contributed by atoms with Gasteiger partial charge in [0.05, 0.1) is 5.39 Å². The van der Waals surface area contributed by atoms with E-state index in [1.165, 1.54) is 10.4 Å². The number of nitrogens with zero attached hydrogens (tertiary/aromatic N) is 2. The van der Waals surface area contributed by atoms with Crippen LogP contribution in [0.15, 0.2) is 60.9 Å². The Bertz CT molecular complexity index is 1150. The van der Waals surface area contributed by atoms with Crippen molar-refractivity contribution < 1.29 is 4.79 Å². The maximum Gasteiger partial charge on any atom is 0.226 e. The zero-order chi connectivity index (χ0) is 20.9. The quantitative estimate of drug-likeness (QED) is 0.407. The summed E-state index contributed by atoms with van der Waals surface area (Å²) in [6.45, 7) is 4.71. The minimum absolute atomic E-state index is 0.0261. The van der Waals surface area contributed by atoms with Gasteiger partial charge < -0.3 is 10.6 Å². The highest BCUT2D eigenvalue weighted by Crippen LogP contribution is 2.40. The van der Waals surface area contributed by atoms with E-state index in [0.29, 0.717) is 13.0 Å². The molecule has 0 aliphatic rings. The van der Waals surface area contributed by atoms with Gasteiger partial charge in [-0.1, -0.05) is 49.4 Å². The standard InChI is InChI=1S/C24H24N4OS/c1-3-17-9-11-19(12-10-17)28-20(29)13-14-25-23-22-21(18-7-5-4-6-8-18)16(2)30-24(22)27-15-26-23/h4-12,15H,3,13-14H2,1-2H3,(H,28,29)(H,25,26,27). The SMILES string of the molecule is CCc1ccc(NC(=O)CCNc2ncnc3sc(C)c(-c4ccccc4)c23)cc1. The van der Waals surface area contributed by atoms with Gasteiger partial charge in [0.2, 0.25) is 5.91 Å². The van der Waals surface area contributed by atoms with E-state index in [1.54, 1.807) is 17.7 Å². The van der Waals surface area contributed by atoms with E-state index >= 15 is 0 Å². The van der Waals surface area contributed by atoms with Crippen LogP contribution in [-0.2, 0) is 11.2 Å². The molecule has 2 aromatic carbocycles. The van der Waals surface area contributed by atoms with Gasteiger partial charge in [-0.15, -0.1) is 11.3 Å². The van der Waals surface area contributed by atoms with Gasteiger partial charge in [0.25, 0.3) is 0 Å². The number of fused-ring (bicyclic) bond motifs is 1. The molecule has 5 nitrogen and oxygen atoms in total. The number of nitrogens with one attached hydrogen (secondary N) is 2. The first-order chi connectivity index (χ1) is 14.7. The average Bonchev–Trinajstić information content (AvgIpc) is 3.11. The normalized spacial score (nSPS) is 10.9. The number of hydrogen-bond acceptors (Lipinski definition) is 5. The molecule has 0 spiro atoms. The van der Waals surface area contributed by atoms with Crippen LogP contribution in [0.5, 0.6) is 0 Å². The van der Waals surface area contributed by atoms with Gasteiger partial charge in [-0.05, 0) is 36.6 Å². The molecule has 0 saturated carbocycles. The maximum atomic E-state index is 12.3. The Morgan fingerprint density at radius 2 is 1.80 bits per heavy atom. The van der Waals surface area contributed by atoms with E-state index in [9.17, 15) is 4.79 Å². The maximum absolute atomic E-state index is 12.3. The lowest BCUT2D eigenvalue weighted by Crippen LogP contribution is -2.16. The summed E-state index contributed by atoms with van der Waals surface area (Å²) in [6, 6.07) is 18.2. The number of aryl methyl sites for hydroxylation is 2. The highest BCUT2D eigenvalue weighted by molar-refractivity contribution is 7.19. The summed E-state index contributed by atoms with van der Waals surface area (Å²) in [5, 5.41) is 7.30. The molecule has 0 atom stereocenters. The lowest BCUT2D eigenvalue weighted by atomic mass is 10.0. The average molecular weight is 417 g/mol. The molecule has 6 heteroatoms. The molecule has 4 rings (SSSR count). The summed E-state index contributed by atoms with van der Waals surface area (Å²) >= 11 is 1.66. The minimum Gasteiger partial charge on any atom is -0.369 e. The van der Waals surface area contributed by atoms with E-state index in [0.717, 1.165) is 39.3 Å². The molecular formula is C24H24N4OS. The molecule has 0 saturated heterocycles. The summed E-state index contributed by atoms with van der Waals surface area (Å²) in [5.41, 5.74) is 4.37. The number of benzene rings is 2. The van der Waals surface area contributed by atoms with Crippen LogP contribution < -0.4 is 10.6 Å². The third-order valence-electron chi connectivity index (χ3n) is 5.02. The first kappa shape index (κ1) is 20.0. The Labute approximate surface area is 180 Å². The summed E-state index contributed by atoms with van der Waals surface area (Å²) in [4.78, 5) is 23.4. The summed E-state index contributed by atoms with van der Waals surface area (Å²) in [7, 11) is 0. The van der Waals surface area contributed by atoms with Crippen LogP contribution >= 0.6 is 11.3 Å². The zero-order valence-electron chi connectivity index (χ0n) is 17.1. The number of amides is 1. The topological polar surface area (TPSA) is 66.9 Å². The Balaban J connectivity index is 1.47. The van der Waals surface area contributed by atoms with E-state index in [4.69, 9.17) is 0 Å². The molecule has 0 radical (unpaired) electrons. The molecule has 30 heavy (non-hydrogen) atoms. The fourth-order valence-corrected chi connectivity index (χ4v) is 4.49. The van der Waals surface area contributed by atoms with E-state index in [-0.39, 0.29) is 5.91 Å². The predicted octanol–water partition coefficient (Wildman–Crippen LogP) is 5.67. The molecule has 0 fully saturated rings. The fraction of sp³-hybridized carbons (Fsp3) is 0.208. The van der Waals surface area contributed by atoms with Crippen molar-refractivity contribution in [2.75, 3.05) is 17.2 Å². The Kier molecular flexibility index (Phi) is 6.05. The van der Waals surface area contributed by atoms with Crippen molar-refractivity contribution in [3.05, 3.63) is 71.4 Å². The minimum atomic E-state index is -0.0261. The van der Waals surface area contributed by atoms with Crippen LogP contribution in [0.4, 0.5) is 11.5 Å². The first-order valence-corrected chi connectivity index (χ1v) is 10.9. The summed E-state index contributed by atoms with van der Waals surface area (Å²) in [5.74, 6) is 0.741. The Morgan fingerprint density at radius 3 is 2.53 bits per heavy atom. The van der Waals surface area contributed by atoms with Crippen LogP contribution in [0.2, 0.25) is 0 Å². The second kappa shape index (κ2) is 9.05. The van der Waals surface area contributed by atoms with Gasteiger partial charge in [0.15, 0.2) is 0 Å². The molecule has 152 valence electrons. The second-order valence-corrected chi connectivity index (χ2v) is 8.28. The van der Waals surface area contributed by atoms with E-state index < -0.39 is 0 Å². The van der Waals surface area contributed by atoms with Crippen LogP contribution in [0, 0.1) is 6.92 Å². The molecule has 2 N–H and O–H groups in total. The summed E-state index contributed by atoms with van der Waals surface area (Å²) in [6.07, 6.45) is 2.91. The molecule has 2 aromatic heterocycles. The number of carbonyl (C=O) groups is 1. The largest absolute Gasteiger partial charge is 0.369 e. The van der Waals surface area contributed by atoms with Crippen molar-refractivity contribution in [3.63, 3.8) is 0 Å². The second-order valence-electron chi connectivity index (χ2n) is 7.08. The first-order valence-electron chi connectivity index (χ1n) is 10.1. The van der Waals surface area contributed by atoms with Crippen LogP contribution in [0.3, 0.4) is 0 Å². The zero-order valence-corrected chi connectivity index (χ0v) is 17.9. The molecule has 1 amide bonds. The number of aromatic nitrogens is 2. The fourth-order valence-electron chi connectivity index (χ4n) is 3.47. The highest BCUT2D eigenvalue weighted by atomic mass is 32.1. The number of carbonyl (C=O) groups excluding carboxylic acids is 1. The lowest BCUT2D eigenvalue weighted by Gasteiger charge is -2.10. The molecule has 0 aliphatic carbocycles. The number of hydrogen-bond donors (Lipinski definition) is 2. The molecule has 0 bridgehead atoms. The van der Waals surface area contributed by atoms with Gasteiger partial charge >= 0.3 is 0 Å². The smallest absolute Gasteiger partial charge is 0.226 e. The molecule has 0 aliphatic heterocycles. The predicted molar refractivity (Wildman–Crippen MR) is 125 cm³/mol. The summed E-state index contributed by atoms with van der Waals surface area (Å²) < 4.78 is 0.